The van der Waals surface area contributed by atoms with E-state index in [1.165, 1.54) is 22.7 Å². The third kappa shape index (κ3) is 3.38. The molecule has 2 aromatic rings. The first-order valence-electron chi connectivity index (χ1n) is 6.93. The fourth-order valence-corrected chi connectivity index (χ4v) is 3.47. The van der Waals surface area contributed by atoms with Crippen molar-refractivity contribution >= 4 is 41.5 Å². The van der Waals surface area contributed by atoms with Gasteiger partial charge in [-0.2, -0.15) is 13.2 Å². The number of amides is 1. The van der Waals surface area contributed by atoms with Gasteiger partial charge in [0, 0.05) is 22.8 Å². The summed E-state index contributed by atoms with van der Waals surface area (Å²) < 4.78 is 39.0. The number of halogens is 4. The topological polar surface area (TPSA) is 46.3 Å². The molecule has 0 saturated heterocycles. The van der Waals surface area contributed by atoms with E-state index in [1.54, 1.807) is 12.1 Å². The van der Waals surface area contributed by atoms with Crippen LogP contribution in [0.4, 0.5) is 24.5 Å². The lowest BCUT2D eigenvalue weighted by Crippen LogP contribution is -2.30. The van der Waals surface area contributed by atoms with E-state index in [-0.39, 0.29) is 37.0 Å². The zero-order chi connectivity index (χ0) is 16.6. The third-order valence-corrected chi connectivity index (χ3v) is 4.59. The molecule has 1 aliphatic rings. The lowest BCUT2D eigenvalue weighted by Gasteiger charge is -2.31. The molecule has 0 bridgehead atoms. The summed E-state index contributed by atoms with van der Waals surface area (Å²) in [5, 5.41) is 0. The van der Waals surface area contributed by atoms with E-state index in [0.717, 1.165) is 17.0 Å². The molecule has 1 heterocycles. The number of fused-ring (bicyclic) bond motifs is 2. The second kappa shape index (κ2) is 7.04. The number of hydrogen-bond acceptors (Lipinski definition) is 3. The second-order valence-electron chi connectivity index (χ2n) is 5.02. The first-order valence-corrected chi connectivity index (χ1v) is 7.74. The molecule has 2 N–H and O–H groups in total. The van der Waals surface area contributed by atoms with Gasteiger partial charge in [0.05, 0.1) is 16.9 Å². The van der Waals surface area contributed by atoms with Crippen LogP contribution in [0.1, 0.15) is 12.0 Å². The molecule has 8 heteroatoms. The van der Waals surface area contributed by atoms with Crippen molar-refractivity contribution in [2.75, 3.05) is 11.4 Å². The number of nitrogens with zero attached hydrogens (tertiary/aromatic N) is 1. The van der Waals surface area contributed by atoms with Gasteiger partial charge in [0.2, 0.25) is 5.91 Å². The van der Waals surface area contributed by atoms with Crippen LogP contribution in [0.3, 0.4) is 0 Å². The SMILES string of the molecule is Cl.NCCC(=O)N1c2ccccc2Sc2ccc(C(F)(F)F)cc21. The van der Waals surface area contributed by atoms with Crippen LogP contribution in [0.25, 0.3) is 0 Å². The minimum absolute atomic E-state index is 0. The number of para-hydroxylation sites is 1. The molecular weight excluding hydrogens is 361 g/mol. The van der Waals surface area contributed by atoms with Crippen molar-refractivity contribution in [2.24, 2.45) is 5.73 Å². The van der Waals surface area contributed by atoms with E-state index in [2.05, 4.69) is 0 Å². The maximum atomic E-state index is 13.0. The van der Waals surface area contributed by atoms with Crippen molar-refractivity contribution in [1.29, 1.82) is 0 Å². The summed E-state index contributed by atoms with van der Waals surface area (Å²) >= 11 is 1.35. The van der Waals surface area contributed by atoms with Crippen LogP contribution in [0.5, 0.6) is 0 Å². The minimum Gasteiger partial charge on any atom is -0.330 e. The molecule has 1 aliphatic heterocycles. The Morgan fingerprint density at radius 2 is 1.75 bits per heavy atom. The molecule has 128 valence electrons. The Morgan fingerprint density at radius 1 is 1.08 bits per heavy atom. The molecule has 0 fully saturated rings. The maximum absolute atomic E-state index is 13.0. The predicted octanol–water partition coefficient (Wildman–Crippen LogP) is 4.61. The first kappa shape index (κ1) is 18.6. The Balaban J connectivity index is 0.00000208. The van der Waals surface area contributed by atoms with Gasteiger partial charge in [-0.15, -0.1) is 12.4 Å². The molecule has 0 radical (unpaired) electrons. The minimum atomic E-state index is -4.46. The summed E-state index contributed by atoms with van der Waals surface area (Å²) in [6, 6.07) is 10.6. The Labute approximate surface area is 147 Å². The molecule has 0 spiro atoms. The number of alkyl halides is 3. The first-order chi connectivity index (χ1) is 10.9. The van der Waals surface area contributed by atoms with E-state index in [0.29, 0.717) is 10.6 Å². The number of nitrogens with two attached hydrogens (primary N) is 1. The quantitative estimate of drug-likeness (QED) is 0.835. The highest BCUT2D eigenvalue weighted by Gasteiger charge is 2.34. The van der Waals surface area contributed by atoms with E-state index in [1.807, 2.05) is 12.1 Å². The van der Waals surface area contributed by atoms with Gasteiger partial charge in [0.1, 0.15) is 0 Å². The van der Waals surface area contributed by atoms with Crippen molar-refractivity contribution in [2.45, 2.75) is 22.4 Å². The summed E-state index contributed by atoms with van der Waals surface area (Å²) in [6.07, 6.45) is -4.39. The fourth-order valence-electron chi connectivity index (χ4n) is 2.44. The van der Waals surface area contributed by atoms with Gasteiger partial charge < -0.3 is 5.73 Å². The summed E-state index contributed by atoms with van der Waals surface area (Å²) in [6.45, 7) is 0.138. The highest BCUT2D eigenvalue weighted by molar-refractivity contribution is 7.99. The highest BCUT2D eigenvalue weighted by Crippen LogP contribution is 2.49. The van der Waals surface area contributed by atoms with Gasteiger partial charge >= 0.3 is 6.18 Å². The largest absolute Gasteiger partial charge is 0.416 e. The number of benzene rings is 2. The summed E-state index contributed by atoms with van der Waals surface area (Å²) in [7, 11) is 0. The van der Waals surface area contributed by atoms with Gasteiger partial charge in [-0.05, 0) is 30.3 Å². The average molecular weight is 375 g/mol. The number of rotatable bonds is 2. The standard InChI is InChI=1S/C16H13F3N2OS.ClH/c17-16(18,19)10-5-6-14-12(9-10)21(15(22)7-8-20)11-3-1-2-4-13(11)23-14;/h1-6,9H,7-8,20H2;1H. The molecule has 0 aromatic heterocycles. The molecule has 0 aliphatic carbocycles. The molecule has 3 nitrogen and oxygen atoms in total. The second-order valence-corrected chi connectivity index (χ2v) is 6.10. The molecule has 3 rings (SSSR count). The molecule has 0 atom stereocenters. The Morgan fingerprint density at radius 3 is 2.42 bits per heavy atom. The van der Waals surface area contributed by atoms with Crippen LogP contribution in [0.2, 0.25) is 0 Å². The van der Waals surface area contributed by atoms with Crippen LogP contribution in [0.15, 0.2) is 52.3 Å². The zero-order valence-corrected chi connectivity index (χ0v) is 14.0. The zero-order valence-electron chi connectivity index (χ0n) is 12.3. The smallest absolute Gasteiger partial charge is 0.330 e. The van der Waals surface area contributed by atoms with Crippen LogP contribution < -0.4 is 10.6 Å². The molecule has 2 aromatic carbocycles. The lowest BCUT2D eigenvalue weighted by molar-refractivity contribution is -0.137. The van der Waals surface area contributed by atoms with E-state index >= 15 is 0 Å². The summed E-state index contributed by atoms with van der Waals surface area (Å²) in [5.74, 6) is -0.319. The fraction of sp³-hybridized carbons (Fsp3) is 0.188. The predicted molar refractivity (Wildman–Crippen MR) is 90.1 cm³/mol. The highest BCUT2D eigenvalue weighted by atomic mass is 35.5. The van der Waals surface area contributed by atoms with Crippen molar-refractivity contribution in [3.8, 4) is 0 Å². The van der Waals surface area contributed by atoms with Gasteiger partial charge in [0.25, 0.3) is 0 Å². The van der Waals surface area contributed by atoms with Crippen LogP contribution in [0, 0.1) is 0 Å². The third-order valence-electron chi connectivity index (χ3n) is 3.46. The van der Waals surface area contributed by atoms with Crippen LogP contribution in [-0.2, 0) is 11.0 Å². The number of carbonyl (C=O) groups is 1. The number of hydrogen-bond donors (Lipinski definition) is 1. The van der Waals surface area contributed by atoms with Gasteiger partial charge in [0.15, 0.2) is 0 Å². The number of carbonyl (C=O) groups excluding carboxylic acids is 1. The van der Waals surface area contributed by atoms with E-state index in [4.69, 9.17) is 5.73 Å². The normalized spacial score (nSPS) is 12.9. The average Bonchev–Trinajstić information content (AvgIpc) is 2.51. The Hall–Kier alpha value is -1.70. The van der Waals surface area contributed by atoms with Gasteiger partial charge in [-0.1, -0.05) is 23.9 Å². The van der Waals surface area contributed by atoms with Gasteiger partial charge in [-0.3, -0.25) is 9.69 Å². The monoisotopic (exact) mass is 374 g/mol. The maximum Gasteiger partial charge on any atom is 0.416 e. The molecule has 0 saturated carbocycles. The summed E-state index contributed by atoms with van der Waals surface area (Å²) in [4.78, 5) is 15.2. The Kier molecular flexibility index (Phi) is 5.47. The van der Waals surface area contributed by atoms with Crippen molar-refractivity contribution < 1.29 is 18.0 Å². The lowest BCUT2D eigenvalue weighted by atomic mass is 10.1. The Bertz CT molecular complexity index is 767. The van der Waals surface area contributed by atoms with Crippen molar-refractivity contribution in [1.82, 2.24) is 0 Å². The van der Waals surface area contributed by atoms with Crippen LogP contribution in [-0.4, -0.2) is 12.5 Å². The molecular formula is C16H14ClF3N2OS. The molecule has 1 amide bonds. The molecule has 24 heavy (non-hydrogen) atoms. The summed E-state index contributed by atoms with van der Waals surface area (Å²) in [5.41, 5.74) is 5.50. The van der Waals surface area contributed by atoms with Crippen molar-refractivity contribution in [3.63, 3.8) is 0 Å². The van der Waals surface area contributed by atoms with Crippen LogP contribution >= 0.6 is 24.2 Å². The van der Waals surface area contributed by atoms with Gasteiger partial charge in [-0.25, -0.2) is 0 Å². The van der Waals surface area contributed by atoms with E-state index in [9.17, 15) is 18.0 Å². The number of anilines is 2. The van der Waals surface area contributed by atoms with E-state index < -0.39 is 11.7 Å². The van der Waals surface area contributed by atoms with Crippen molar-refractivity contribution in [3.05, 3.63) is 48.0 Å². The molecule has 0 unspecified atom stereocenters.